The highest BCUT2D eigenvalue weighted by atomic mass is 32.2. The second-order valence-electron chi connectivity index (χ2n) is 6.89. The average molecular weight is 456 g/mol. The summed E-state index contributed by atoms with van der Waals surface area (Å²) >= 11 is 4.63. The number of rotatable bonds is 6. The Morgan fingerprint density at radius 2 is 1.90 bits per heavy atom. The number of anilines is 1. The van der Waals surface area contributed by atoms with E-state index >= 15 is 0 Å². The molecule has 154 valence electrons. The summed E-state index contributed by atoms with van der Waals surface area (Å²) in [4.78, 5) is 33.0. The van der Waals surface area contributed by atoms with Gasteiger partial charge in [0, 0.05) is 15.5 Å². The Morgan fingerprint density at radius 1 is 1.17 bits per heavy atom. The van der Waals surface area contributed by atoms with E-state index in [1.807, 2.05) is 48.2 Å². The van der Waals surface area contributed by atoms with Crippen LogP contribution in [0.2, 0.25) is 0 Å². The number of fused-ring (bicyclic) bond motifs is 1. The van der Waals surface area contributed by atoms with Crippen molar-refractivity contribution in [3.63, 3.8) is 0 Å². The number of aryl methyl sites for hydroxylation is 1. The number of primary amides is 1. The van der Waals surface area contributed by atoms with E-state index in [4.69, 9.17) is 5.73 Å². The van der Waals surface area contributed by atoms with E-state index in [1.54, 1.807) is 11.8 Å². The van der Waals surface area contributed by atoms with Crippen LogP contribution in [0.4, 0.5) is 5.69 Å². The first-order chi connectivity index (χ1) is 14.5. The van der Waals surface area contributed by atoms with Crippen molar-refractivity contribution in [3.8, 4) is 0 Å². The molecule has 0 saturated heterocycles. The van der Waals surface area contributed by atoms with Crippen LogP contribution in [-0.2, 0) is 16.0 Å². The van der Waals surface area contributed by atoms with Crippen LogP contribution < -0.4 is 10.6 Å². The monoisotopic (exact) mass is 455 g/mol. The molecule has 2 heterocycles. The lowest BCUT2D eigenvalue weighted by atomic mass is 10.1. The van der Waals surface area contributed by atoms with Gasteiger partial charge in [0.1, 0.15) is 0 Å². The topological polar surface area (TPSA) is 76.3 Å². The van der Waals surface area contributed by atoms with Gasteiger partial charge in [-0.2, -0.15) is 0 Å². The van der Waals surface area contributed by atoms with Crippen molar-refractivity contribution >= 4 is 52.4 Å². The average Bonchev–Trinajstić information content (AvgIpc) is 3.10. The molecule has 1 aromatic heterocycles. The van der Waals surface area contributed by atoms with Gasteiger partial charge in [0.25, 0.3) is 0 Å². The summed E-state index contributed by atoms with van der Waals surface area (Å²) in [6.07, 6.45) is 0.185. The third-order valence-corrected chi connectivity index (χ3v) is 8.24. The van der Waals surface area contributed by atoms with Crippen molar-refractivity contribution in [2.24, 2.45) is 5.73 Å². The van der Waals surface area contributed by atoms with Gasteiger partial charge >= 0.3 is 0 Å². The van der Waals surface area contributed by atoms with Crippen molar-refractivity contribution in [2.45, 2.75) is 28.6 Å². The van der Waals surface area contributed by atoms with Crippen LogP contribution in [0.15, 0.2) is 63.8 Å². The fourth-order valence-electron chi connectivity index (χ4n) is 3.40. The van der Waals surface area contributed by atoms with E-state index in [0.717, 1.165) is 36.8 Å². The minimum atomic E-state index is -0.373. The van der Waals surface area contributed by atoms with Gasteiger partial charge in [-0.25, -0.2) is 4.98 Å². The summed E-state index contributed by atoms with van der Waals surface area (Å²) in [7, 11) is 0. The molecule has 3 aromatic rings. The quantitative estimate of drug-likeness (QED) is 0.556. The molecule has 0 bridgehead atoms. The first-order valence-corrected chi connectivity index (χ1v) is 12.3. The summed E-state index contributed by atoms with van der Waals surface area (Å²) in [6.45, 7) is 1.87. The highest BCUT2D eigenvalue weighted by Gasteiger charge is 2.32. The number of aromatic nitrogens is 1. The molecule has 30 heavy (non-hydrogen) atoms. The molecular formula is C22H21N3O2S3. The third kappa shape index (κ3) is 4.55. The summed E-state index contributed by atoms with van der Waals surface area (Å²) in [5.74, 6) is 0.774. The normalized spacial score (nSPS) is 15.6. The van der Waals surface area contributed by atoms with Crippen molar-refractivity contribution < 1.29 is 9.59 Å². The Hall–Kier alpha value is -2.29. The van der Waals surface area contributed by atoms with Crippen LogP contribution in [0.3, 0.4) is 0 Å². The molecule has 0 radical (unpaired) electrons. The molecule has 8 heteroatoms. The maximum Gasteiger partial charge on any atom is 0.238 e. The molecule has 0 aliphatic carbocycles. The molecule has 1 aliphatic rings. The second-order valence-corrected chi connectivity index (χ2v) is 10.3. The molecule has 1 aliphatic heterocycles. The highest BCUT2D eigenvalue weighted by molar-refractivity contribution is 8.01. The number of hydrogen-bond donors (Lipinski definition) is 1. The number of amides is 2. The number of nitrogens with two attached hydrogens (primary N) is 1. The maximum atomic E-state index is 13.4. The third-order valence-electron chi connectivity index (χ3n) is 4.81. The van der Waals surface area contributed by atoms with Gasteiger partial charge in [-0.15, -0.1) is 23.1 Å². The molecule has 2 amide bonds. The number of hydrogen-bond acceptors (Lipinski definition) is 6. The van der Waals surface area contributed by atoms with Gasteiger partial charge in [0.15, 0.2) is 4.34 Å². The SMILES string of the molecule is Cc1nc(SCC(=O)N2c3ccccc3SC[C@H]2c2ccccc2)sc1CC(N)=O. The Bertz CT molecular complexity index is 1070. The zero-order valence-corrected chi connectivity index (χ0v) is 18.9. The van der Waals surface area contributed by atoms with Crippen molar-refractivity contribution in [3.05, 3.63) is 70.7 Å². The van der Waals surface area contributed by atoms with E-state index < -0.39 is 0 Å². The number of carbonyl (C=O) groups is 2. The van der Waals surface area contributed by atoms with E-state index in [1.165, 1.54) is 23.1 Å². The summed E-state index contributed by atoms with van der Waals surface area (Å²) < 4.78 is 0.785. The van der Waals surface area contributed by atoms with Crippen LogP contribution in [0.25, 0.3) is 0 Å². The molecule has 0 fully saturated rings. The Morgan fingerprint density at radius 3 is 2.67 bits per heavy atom. The van der Waals surface area contributed by atoms with Crippen LogP contribution in [-0.4, -0.2) is 28.3 Å². The van der Waals surface area contributed by atoms with Gasteiger partial charge in [-0.3, -0.25) is 9.59 Å². The number of nitrogens with zero attached hydrogens (tertiary/aromatic N) is 2. The lowest BCUT2D eigenvalue weighted by molar-refractivity contribution is -0.117. The summed E-state index contributed by atoms with van der Waals surface area (Å²) in [5.41, 5.74) is 8.20. The fraction of sp³-hybridized carbons (Fsp3) is 0.227. The van der Waals surface area contributed by atoms with Crippen molar-refractivity contribution in [1.29, 1.82) is 0 Å². The highest BCUT2D eigenvalue weighted by Crippen LogP contribution is 2.43. The first kappa shape index (κ1) is 21.0. The molecule has 5 nitrogen and oxygen atoms in total. The van der Waals surface area contributed by atoms with E-state index in [2.05, 4.69) is 23.2 Å². The number of carbonyl (C=O) groups excluding carboxylic acids is 2. The predicted octanol–water partition coefficient (Wildman–Crippen LogP) is 4.45. The number of para-hydroxylation sites is 1. The van der Waals surface area contributed by atoms with Gasteiger partial charge in [0.2, 0.25) is 11.8 Å². The molecular weight excluding hydrogens is 434 g/mol. The summed E-state index contributed by atoms with van der Waals surface area (Å²) in [6, 6.07) is 18.2. The molecule has 1 atom stereocenters. The lowest BCUT2D eigenvalue weighted by Gasteiger charge is -2.37. The van der Waals surface area contributed by atoms with E-state index in [-0.39, 0.29) is 30.0 Å². The number of thioether (sulfide) groups is 2. The van der Waals surface area contributed by atoms with Gasteiger partial charge in [-0.1, -0.05) is 54.2 Å². The largest absolute Gasteiger partial charge is 0.369 e. The van der Waals surface area contributed by atoms with Crippen LogP contribution in [0.5, 0.6) is 0 Å². The molecule has 2 N–H and O–H groups in total. The molecule has 0 saturated carbocycles. The number of thiazole rings is 1. The standard InChI is InChI=1S/C22H21N3O2S3/c1-14-19(11-20(23)26)30-22(24-14)29-13-21(27)25-16-9-5-6-10-18(16)28-12-17(25)15-7-3-2-4-8-15/h2-10,17H,11-13H2,1H3,(H2,23,26)/t17-/m0/s1. The number of benzene rings is 2. The van der Waals surface area contributed by atoms with Gasteiger partial charge < -0.3 is 10.6 Å². The Labute approximate surface area is 188 Å². The summed E-state index contributed by atoms with van der Waals surface area (Å²) in [5, 5.41) is 0. The smallest absolute Gasteiger partial charge is 0.238 e. The molecule has 0 spiro atoms. The Kier molecular flexibility index (Phi) is 6.46. The molecule has 0 unspecified atom stereocenters. The predicted molar refractivity (Wildman–Crippen MR) is 124 cm³/mol. The second kappa shape index (κ2) is 9.24. The van der Waals surface area contributed by atoms with Crippen LogP contribution >= 0.6 is 34.9 Å². The van der Waals surface area contributed by atoms with E-state index in [0.29, 0.717) is 0 Å². The Balaban J connectivity index is 1.56. The zero-order chi connectivity index (χ0) is 21.1. The minimum Gasteiger partial charge on any atom is -0.369 e. The minimum absolute atomic E-state index is 0.0114. The molecule has 4 rings (SSSR count). The van der Waals surface area contributed by atoms with Crippen molar-refractivity contribution in [1.82, 2.24) is 4.98 Å². The fourth-order valence-corrected chi connectivity index (χ4v) is 6.67. The van der Waals surface area contributed by atoms with E-state index in [9.17, 15) is 9.59 Å². The molecule has 2 aromatic carbocycles. The van der Waals surface area contributed by atoms with Crippen LogP contribution in [0.1, 0.15) is 22.2 Å². The lowest BCUT2D eigenvalue weighted by Crippen LogP contribution is -2.39. The van der Waals surface area contributed by atoms with Crippen molar-refractivity contribution in [2.75, 3.05) is 16.4 Å². The maximum absolute atomic E-state index is 13.4. The van der Waals surface area contributed by atoms with Gasteiger partial charge in [-0.05, 0) is 24.6 Å². The van der Waals surface area contributed by atoms with Gasteiger partial charge in [0.05, 0.1) is 29.6 Å². The van der Waals surface area contributed by atoms with Crippen LogP contribution in [0, 0.1) is 6.92 Å². The zero-order valence-electron chi connectivity index (χ0n) is 16.4. The first-order valence-electron chi connectivity index (χ1n) is 9.49.